The van der Waals surface area contributed by atoms with Crippen LogP contribution in [-0.4, -0.2) is 41.6 Å². The second kappa shape index (κ2) is 5.80. The molecule has 5 heteroatoms. The Hall–Kier alpha value is -0.650. The highest BCUT2D eigenvalue weighted by molar-refractivity contribution is 6.30. The highest BCUT2D eigenvalue weighted by atomic mass is 35.5. The molecule has 0 spiro atoms. The molecule has 1 aliphatic rings. The van der Waals surface area contributed by atoms with Gasteiger partial charge in [0.05, 0.1) is 12.2 Å². The molecule has 1 saturated heterocycles. The molecule has 0 aliphatic carbocycles. The van der Waals surface area contributed by atoms with Crippen molar-refractivity contribution in [2.75, 3.05) is 13.1 Å². The van der Waals surface area contributed by atoms with Gasteiger partial charge >= 0.3 is 0 Å². The van der Waals surface area contributed by atoms with Crippen molar-refractivity contribution < 1.29 is 10.2 Å². The van der Waals surface area contributed by atoms with Crippen molar-refractivity contribution in [2.24, 2.45) is 0 Å². The summed E-state index contributed by atoms with van der Waals surface area (Å²) in [5.74, 6) is 0. The molecule has 1 aromatic rings. The number of hydrogen-bond acceptors (Lipinski definition) is 4. The third kappa shape index (κ3) is 3.40. The zero-order valence-electron chi connectivity index (χ0n) is 9.44. The Morgan fingerprint density at radius 3 is 2.88 bits per heavy atom. The maximum atomic E-state index is 9.63. The van der Waals surface area contributed by atoms with Crippen molar-refractivity contribution in [1.82, 2.24) is 10.6 Å². The van der Waals surface area contributed by atoms with Crippen LogP contribution in [0.4, 0.5) is 0 Å². The fourth-order valence-electron chi connectivity index (χ4n) is 1.99. The zero-order valence-corrected chi connectivity index (χ0v) is 10.2. The average Bonchev–Trinajstić information content (AvgIpc) is 2.61. The van der Waals surface area contributed by atoms with Crippen LogP contribution in [0.1, 0.15) is 5.56 Å². The van der Waals surface area contributed by atoms with Gasteiger partial charge < -0.3 is 20.8 Å². The first-order valence-electron chi connectivity index (χ1n) is 5.71. The zero-order chi connectivity index (χ0) is 12.3. The van der Waals surface area contributed by atoms with Crippen molar-refractivity contribution >= 4 is 11.6 Å². The minimum atomic E-state index is -0.693. The fourth-order valence-corrected chi connectivity index (χ4v) is 2.21. The summed E-state index contributed by atoms with van der Waals surface area (Å²) >= 11 is 5.88. The van der Waals surface area contributed by atoms with Gasteiger partial charge in [-0.3, -0.25) is 0 Å². The molecule has 1 aromatic carbocycles. The second-order valence-electron chi connectivity index (χ2n) is 4.33. The molecule has 17 heavy (non-hydrogen) atoms. The molecule has 1 fully saturated rings. The summed E-state index contributed by atoms with van der Waals surface area (Å²) in [4.78, 5) is 0. The molecule has 4 nitrogen and oxygen atoms in total. The van der Waals surface area contributed by atoms with Crippen LogP contribution in [0, 0.1) is 0 Å². The van der Waals surface area contributed by atoms with Crippen molar-refractivity contribution in [3.8, 4) is 0 Å². The number of rotatable bonds is 4. The number of β-amino-alcohol motifs (C(OH)–C–C–N with tert-alkyl or cyclic N) is 1. The molecule has 0 bridgehead atoms. The standard InChI is InChI=1S/C12H17ClN2O2/c13-9-3-1-2-8(4-9)5-14-6-10-12(17)11(16)7-15-10/h1-4,10-12,14-17H,5-7H2/t10-,11+,12-/m1/s1. The van der Waals surface area contributed by atoms with Gasteiger partial charge in [0.25, 0.3) is 0 Å². The van der Waals surface area contributed by atoms with Crippen LogP contribution in [0.25, 0.3) is 0 Å². The van der Waals surface area contributed by atoms with Gasteiger partial charge in [-0.05, 0) is 17.7 Å². The largest absolute Gasteiger partial charge is 0.389 e. The van der Waals surface area contributed by atoms with E-state index in [1.54, 1.807) is 0 Å². The fraction of sp³-hybridized carbons (Fsp3) is 0.500. The second-order valence-corrected chi connectivity index (χ2v) is 4.77. The molecule has 4 N–H and O–H groups in total. The van der Waals surface area contributed by atoms with Crippen molar-refractivity contribution in [1.29, 1.82) is 0 Å². The third-order valence-electron chi connectivity index (χ3n) is 2.98. The number of halogens is 1. The van der Waals surface area contributed by atoms with Gasteiger partial charge in [0.15, 0.2) is 0 Å². The number of hydrogen-bond donors (Lipinski definition) is 4. The summed E-state index contributed by atoms with van der Waals surface area (Å²) in [6.07, 6.45) is -1.35. The number of aliphatic hydroxyl groups excluding tert-OH is 2. The molecule has 0 amide bonds. The quantitative estimate of drug-likeness (QED) is 0.618. The monoisotopic (exact) mass is 256 g/mol. The van der Waals surface area contributed by atoms with E-state index in [9.17, 15) is 10.2 Å². The van der Waals surface area contributed by atoms with Crippen LogP contribution in [0.5, 0.6) is 0 Å². The van der Waals surface area contributed by atoms with E-state index in [1.807, 2.05) is 24.3 Å². The van der Waals surface area contributed by atoms with E-state index in [-0.39, 0.29) is 6.04 Å². The molecule has 94 valence electrons. The van der Waals surface area contributed by atoms with Gasteiger partial charge in [0.1, 0.15) is 0 Å². The molecule has 0 radical (unpaired) electrons. The Morgan fingerprint density at radius 1 is 1.41 bits per heavy atom. The van der Waals surface area contributed by atoms with Crippen LogP contribution >= 0.6 is 11.6 Å². The van der Waals surface area contributed by atoms with Gasteiger partial charge in [-0.15, -0.1) is 0 Å². The highest BCUT2D eigenvalue weighted by Crippen LogP contribution is 2.11. The maximum absolute atomic E-state index is 9.63. The normalized spacial score (nSPS) is 28.5. The third-order valence-corrected chi connectivity index (χ3v) is 3.21. The molecule has 0 saturated carbocycles. The lowest BCUT2D eigenvalue weighted by Crippen LogP contribution is -2.41. The molecule has 0 aromatic heterocycles. The Morgan fingerprint density at radius 2 is 2.24 bits per heavy atom. The lowest BCUT2D eigenvalue weighted by Gasteiger charge is -2.16. The van der Waals surface area contributed by atoms with Crippen LogP contribution in [-0.2, 0) is 6.54 Å². The van der Waals surface area contributed by atoms with Crippen molar-refractivity contribution in [3.63, 3.8) is 0 Å². The summed E-state index contributed by atoms with van der Waals surface area (Å²) in [6.45, 7) is 1.76. The van der Waals surface area contributed by atoms with Gasteiger partial charge in [0, 0.05) is 30.7 Å². The molecule has 1 aliphatic heterocycles. The van der Waals surface area contributed by atoms with Gasteiger partial charge in [-0.25, -0.2) is 0 Å². The average molecular weight is 257 g/mol. The molecule has 2 rings (SSSR count). The van der Waals surface area contributed by atoms with E-state index >= 15 is 0 Å². The maximum Gasteiger partial charge on any atom is 0.0976 e. The minimum absolute atomic E-state index is 0.0933. The molecular weight excluding hydrogens is 240 g/mol. The first kappa shape index (κ1) is 12.8. The number of nitrogens with one attached hydrogen (secondary N) is 2. The summed E-state index contributed by atoms with van der Waals surface area (Å²) < 4.78 is 0. The van der Waals surface area contributed by atoms with Crippen molar-refractivity contribution in [2.45, 2.75) is 24.8 Å². The smallest absolute Gasteiger partial charge is 0.0976 e. The van der Waals surface area contributed by atoms with Gasteiger partial charge in [0.2, 0.25) is 0 Å². The van der Waals surface area contributed by atoms with Crippen LogP contribution in [0.2, 0.25) is 5.02 Å². The van der Waals surface area contributed by atoms with Gasteiger partial charge in [-0.2, -0.15) is 0 Å². The summed E-state index contributed by atoms with van der Waals surface area (Å²) in [5, 5.41) is 26.0. The first-order chi connectivity index (χ1) is 8.16. The highest BCUT2D eigenvalue weighted by Gasteiger charge is 2.32. The Bertz CT molecular complexity index is 375. The van der Waals surface area contributed by atoms with Crippen LogP contribution < -0.4 is 10.6 Å². The van der Waals surface area contributed by atoms with Crippen molar-refractivity contribution in [3.05, 3.63) is 34.9 Å². The first-order valence-corrected chi connectivity index (χ1v) is 6.09. The lowest BCUT2D eigenvalue weighted by atomic mass is 10.1. The predicted molar refractivity (Wildman–Crippen MR) is 67.0 cm³/mol. The Labute approximate surface area is 106 Å². The number of aliphatic hydroxyl groups is 2. The number of benzene rings is 1. The molecule has 0 unspecified atom stereocenters. The van der Waals surface area contributed by atoms with E-state index in [1.165, 1.54) is 0 Å². The van der Waals surface area contributed by atoms with Crippen LogP contribution in [0.15, 0.2) is 24.3 Å². The SMILES string of the molecule is O[C@H]1[C@@H](O)CN[C@@H]1CNCc1cccc(Cl)c1. The minimum Gasteiger partial charge on any atom is -0.389 e. The van der Waals surface area contributed by atoms with Gasteiger partial charge in [-0.1, -0.05) is 23.7 Å². The molecular formula is C12H17ClN2O2. The summed E-state index contributed by atoms with van der Waals surface area (Å²) in [5.41, 5.74) is 1.10. The Kier molecular flexibility index (Phi) is 4.36. The predicted octanol–water partition coefficient (Wildman–Crippen LogP) is 0.123. The molecule has 3 atom stereocenters. The van der Waals surface area contributed by atoms with E-state index in [2.05, 4.69) is 10.6 Å². The van der Waals surface area contributed by atoms with E-state index in [0.29, 0.717) is 19.6 Å². The topological polar surface area (TPSA) is 64.5 Å². The Balaban J connectivity index is 1.76. The van der Waals surface area contributed by atoms with E-state index in [0.717, 1.165) is 10.6 Å². The van der Waals surface area contributed by atoms with E-state index in [4.69, 9.17) is 11.6 Å². The van der Waals surface area contributed by atoms with E-state index < -0.39 is 12.2 Å². The summed E-state index contributed by atoms with van der Waals surface area (Å²) in [7, 11) is 0. The summed E-state index contributed by atoms with van der Waals surface area (Å²) in [6, 6.07) is 7.55. The lowest BCUT2D eigenvalue weighted by molar-refractivity contribution is 0.0407. The molecule has 1 heterocycles. The van der Waals surface area contributed by atoms with Crippen LogP contribution in [0.3, 0.4) is 0 Å².